The normalized spacial score (nSPS) is 14.2. The summed E-state index contributed by atoms with van der Waals surface area (Å²) in [6.07, 6.45) is 4.22. The van der Waals surface area contributed by atoms with Crippen molar-refractivity contribution in [3.05, 3.63) is 54.6 Å². The largest absolute Gasteiger partial charge is 0.378 e. The van der Waals surface area contributed by atoms with Gasteiger partial charge in [-0.1, -0.05) is 19.1 Å². The Morgan fingerprint density at radius 3 is 2.50 bits per heavy atom. The molecule has 1 N–H and O–H groups in total. The van der Waals surface area contributed by atoms with Gasteiger partial charge in [0, 0.05) is 37.6 Å². The molecule has 0 spiro atoms. The number of rotatable bonds is 5. The van der Waals surface area contributed by atoms with Gasteiger partial charge in [-0.3, -0.25) is 9.55 Å². The van der Waals surface area contributed by atoms with Gasteiger partial charge in [0.05, 0.1) is 24.2 Å². The number of hydrogen-bond acceptors (Lipinski definition) is 8. The van der Waals surface area contributed by atoms with Crippen LogP contribution in [0.3, 0.4) is 0 Å². The topological polar surface area (TPSA) is 93.9 Å². The third-order valence-corrected chi connectivity index (χ3v) is 4.99. The summed E-state index contributed by atoms with van der Waals surface area (Å²) in [5.41, 5.74) is 2.76. The van der Waals surface area contributed by atoms with Crippen molar-refractivity contribution < 1.29 is 4.74 Å². The predicted molar refractivity (Wildman–Crippen MR) is 114 cm³/mol. The molecule has 1 aliphatic heterocycles. The molecule has 0 radical (unpaired) electrons. The molecule has 9 nitrogen and oxygen atoms in total. The molecule has 0 saturated carbocycles. The van der Waals surface area contributed by atoms with E-state index in [0.717, 1.165) is 42.1 Å². The highest BCUT2D eigenvalue weighted by molar-refractivity contribution is 5.77. The molecule has 1 aromatic carbocycles. The van der Waals surface area contributed by atoms with E-state index in [1.165, 1.54) is 0 Å². The molecule has 1 fully saturated rings. The van der Waals surface area contributed by atoms with Gasteiger partial charge in [0.25, 0.3) is 0 Å². The molecule has 4 heterocycles. The summed E-state index contributed by atoms with van der Waals surface area (Å²) in [6.45, 7) is 4.87. The highest BCUT2D eigenvalue weighted by Crippen LogP contribution is 2.23. The minimum atomic E-state index is 0.479. The van der Waals surface area contributed by atoms with E-state index >= 15 is 0 Å². The van der Waals surface area contributed by atoms with Crippen LogP contribution in [0.4, 0.5) is 17.6 Å². The van der Waals surface area contributed by atoms with Gasteiger partial charge in [-0.15, -0.1) is 0 Å². The average molecular weight is 402 g/mol. The van der Waals surface area contributed by atoms with Crippen molar-refractivity contribution in [2.75, 3.05) is 36.5 Å². The lowest BCUT2D eigenvalue weighted by molar-refractivity contribution is 0.122. The number of nitrogens with one attached hydrogen (secondary N) is 1. The molecule has 152 valence electrons. The smallest absolute Gasteiger partial charge is 0.242 e. The Labute approximate surface area is 173 Å². The first kappa shape index (κ1) is 18.4. The van der Waals surface area contributed by atoms with Gasteiger partial charge in [-0.05, 0) is 24.3 Å². The number of para-hydroxylation sites is 2. The Bertz CT molecular complexity index is 1150. The number of nitrogens with zero attached hydrogens (tertiary/aromatic N) is 7. The zero-order chi connectivity index (χ0) is 20.3. The van der Waals surface area contributed by atoms with Crippen molar-refractivity contribution in [3.63, 3.8) is 0 Å². The number of benzene rings is 1. The molecular weight excluding hydrogens is 380 g/mol. The van der Waals surface area contributed by atoms with E-state index in [0.29, 0.717) is 31.1 Å². The van der Waals surface area contributed by atoms with Gasteiger partial charge < -0.3 is 15.0 Å². The number of pyridine rings is 1. The van der Waals surface area contributed by atoms with Gasteiger partial charge in [0.15, 0.2) is 0 Å². The lowest BCUT2D eigenvalue weighted by Crippen LogP contribution is -2.37. The van der Waals surface area contributed by atoms with E-state index in [9.17, 15) is 0 Å². The first-order valence-electron chi connectivity index (χ1n) is 10.0. The Morgan fingerprint density at radius 1 is 0.933 bits per heavy atom. The Balaban J connectivity index is 1.65. The Kier molecular flexibility index (Phi) is 4.94. The van der Waals surface area contributed by atoms with Crippen molar-refractivity contribution >= 4 is 28.6 Å². The molecule has 0 bridgehead atoms. The fourth-order valence-electron chi connectivity index (χ4n) is 3.52. The second-order valence-electron chi connectivity index (χ2n) is 6.93. The molecule has 3 aromatic heterocycles. The Hall–Kier alpha value is -3.59. The van der Waals surface area contributed by atoms with Crippen LogP contribution >= 0.6 is 0 Å². The minimum Gasteiger partial charge on any atom is -0.378 e. The second-order valence-corrected chi connectivity index (χ2v) is 6.93. The van der Waals surface area contributed by atoms with E-state index in [1.54, 1.807) is 12.4 Å². The van der Waals surface area contributed by atoms with Gasteiger partial charge in [0.2, 0.25) is 17.8 Å². The Morgan fingerprint density at radius 2 is 1.70 bits per heavy atom. The van der Waals surface area contributed by atoms with Gasteiger partial charge in [0.1, 0.15) is 5.82 Å². The molecule has 5 rings (SSSR count). The average Bonchev–Trinajstić information content (AvgIpc) is 3.19. The molecule has 0 unspecified atom stereocenters. The molecule has 0 aliphatic carbocycles. The van der Waals surface area contributed by atoms with Crippen molar-refractivity contribution in [1.29, 1.82) is 0 Å². The van der Waals surface area contributed by atoms with Crippen LogP contribution in [0, 0.1) is 0 Å². The summed E-state index contributed by atoms with van der Waals surface area (Å²) in [5, 5.41) is 3.28. The van der Waals surface area contributed by atoms with Crippen LogP contribution in [0.15, 0.2) is 48.8 Å². The zero-order valence-electron chi connectivity index (χ0n) is 16.7. The number of anilines is 3. The molecule has 1 aliphatic rings. The van der Waals surface area contributed by atoms with E-state index in [-0.39, 0.29) is 0 Å². The zero-order valence-corrected chi connectivity index (χ0v) is 16.7. The van der Waals surface area contributed by atoms with Crippen LogP contribution in [-0.4, -0.2) is 55.8 Å². The van der Waals surface area contributed by atoms with Crippen LogP contribution in [0.2, 0.25) is 0 Å². The fourth-order valence-corrected chi connectivity index (χ4v) is 3.52. The van der Waals surface area contributed by atoms with Crippen LogP contribution < -0.4 is 10.2 Å². The predicted octanol–water partition coefficient (Wildman–Crippen LogP) is 2.75. The van der Waals surface area contributed by atoms with Gasteiger partial charge in [-0.2, -0.15) is 15.0 Å². The maximum Gasteiger partial charge on any atom is 0.242 e. The molecule has 9 heteroatoms. The summed E-state index contributed by atoms with van der Waals surface area (Å²) in [6, 6.07) is 11.8. The summed E-state index contributed by atoms with van der Waals surface area (Å²) >= 11 is 0. The maximum atomic E-state index is 5.49. The highest BCUT2D eigenvalue weighted by atomic mass is 16.5. The van der Waals surface area contributed by atoms with Crippen molar-refractivity contribution in [2.24, 2.45) is 0 Å². The second kappa shape index (κ2) is 8.03. The molecule has 4 aromatic rings. The third-order valence-electron chi connectivity index (χ3n) is 4.99. The first-order valence-corrected chi connectivity index (χ1v) is 10.0. The van der Waals surface area contributed by atoms with Crippen LogP contribution in [0.25, 0.3) is 17.0 Å². The third kappa shape index (κ3) is 3.55. The fraction of sp³-hybridized carbons (Fsp3) is 0.286. The molecular formula is C21H22N8O. The number of aryl methyl sites for hydroxylation is 1. The number of hydrogen-bond donors (Lipinski definition) is 1. The molecule has 0 amide bonds. The lowest BCUT2D eigenvalue weighted by Gasteiger charge is -2.27. The quantitative estimate of drug-likeness (QED) is 0.545. The summed E-state index contributed by atoms with van der Waals surface area (Å²) < 4.78 is 7.51. The monoisotopic (exact) mass is 402 g/mol. The summed E-state index contributed by atoms with van der Waals surface area (Å²) in [5.74, 6) is 2.56. The molecule has 30 heavy (non-hydrogen) atoms. The highest BCUT2D eigenvalue weighted by Gasteiger charge is 2.20. The van der Waals surface area contributed by atoms with Crippen LogP contribution in [0.5, 0.6) is 0 Å². The van der Waals surface area contributed by atoms with Gasteiger partial charge >= 0.3 is 0 Å². The SMILES string of the molecule is CCc1nc2ccccc2n1-c1nc(Nc2ccncc2)nc(N2CCOCC2)n1. The minimum absolute atomic E-state index is 0.479. The molecule has 0 atom stereocenters. The molecule has 1 saturated heterocycles. The first-order chi connectivity index (χ1) is 14.8. The summed E-state index contributed by atoms with van der Waals surface area (Å²) in [4.78, 5) is 25.2. The van der Waals surface area contributed by atoms with Crippen molar-refractivity contribution in [1.82, 2.24) is 29.5 Å². The number of aromatic nitrogens is 6. The van der Waals surface area contributed by atoms with E-state index < -0.39 is 0 Å². The van der Waals surface area contributed by atoms with Crippen molar-refractivity contribution in [3.8, 4) is 5.95 Å². The standard InChI is InChI=1S/C21H22N8O/c1-2-18-24-16-5-3-4-6-17(16)29(18)21-26-19(23-15-7-9-22-10-8-15)25-20(27-21)28-11-13-30-14-12-28/h3-10H,2,11-14H2,1H3,(H,22,23,25,26,27). The summed E-state index contributed by atoms with van der Waals surface area (Å²) in [7, 11) is 0. The lowest BCUT2D eigenvalue weighted by atomic mass is 10.3. The van der Waals surface area contributed by atoms with E-state index in [1.807, 2.05) is 41.0 Å². The number of imidazole rings is 1. The number of fused-ring (bicyclic) bond motifs is 1. The van der Waals surface area contributed by atoms with Crippen LogP contribution in [0.1, 0.15) is 12.7 Å². The number of ether oxygens (including phenoxy) is 1. The van der Waals surface area contributed by atoms with Crippen LogP contribution in [-0.2, 0) is 11.2 Å². The number of morpholine rings is 1. The van der Waals surface area contributed by atoms with Crippen molar-refractivity contribution in [2.45, 2.75) is 13.3 Å². The van der Waals surface area contributed by atoms with E-state index in [4.69, 9.17) is 19.7 Å². The van der Waals surface area contributed by atoms with Gasteiger partial charge in [-0.25, -0.2) is 4.98 Å². The maximum absolute atomic E-state index is 5.49. The van der Waals surface area contributed by atoms with E-state index in [2.05, 4.69) is 27.1 Å².